The maximum absolute atomic E-state index is 13.4. The van der Waals surface area contributed by atoms with Crippen LogP contribution in [-0.2, 0) is 11.3 Å². The largest absolute Gasteiger partial charge is 0.369 e. The lowest BCUT2D eigenvalue weighted by Crippen LogP contribution is -2.44. The molecule has 0 radical (unpaired) electrons. The number of fused-ring (bicyclic) bond motifs is 1. The van der Waals surface area contributed by atoms with Crippen molar-refractivity contribution < 1.29 is 14.4 Å². The first-order valence-corrected chi connectivity index (χ1v) is 14.8. The Balaban J connectivity index is 1.14. The van der Waals surface area contributed by atoms with Crippen LogP contribution in [0, 0.1) is 6.92 Å². The van der Waals surface area contributed by atoms with Crippen LogP contribution in [-0.4, -0.2) is 71.7 Å². The van der Waals surface area contributed by atoms with Crippen molar-refractivity contribution in [1.82, 2.24) is 14.7 Å². The summed E-state index contributed by atoms with van der Waals surface area (Å²) in [6.07, 6.45) is 1.66. The van der Waals surface area contributed by atoms with E-state index in [9.17, 15) is 14.4 Å². The third-order valence-electron chi connectivity index (χ3n) is 8.10. The Labute approximate surface area is 256 Å². The third kappa shape index (κ3) is 6.02. The van der Waals surface area contributed by atoms with Crippen LogP contribution in [0.15, 0.2) is 77.8 Å². The van der Waals surface area contributed by atoms with E-state index in [2.05, 4.69) is 49.7 Å². The van der Waals surface area contributed by atoms with Crippen LogP contribution in [0.3, 0.4) is 0 Å². The average molecular weight is 590 g/mol. The van der Waals surface area contributed by atoms with Gasteiger partial charge in [0.15, 0.2) is 5.78 Å². The predicted molar refractivity (Wildman–Crippen MR) is 173 cm³/mol. The van der Waals surface area contributed by atoms with Gasteiger partial charge < -0.3 is 20.4 Å². The number of carbonyl (C=O) groups is 3. The molecule has 2 aliphatic rings. The zero-order valence-electron chi connectivity index (χ0n) is 25.1. The van der Waals surface area contributed by atoms with Gasteiger partial charge in [0.2, 0.25) is 5.91 Å². The average Bonchev–Trinajstić information content (AvgIpc) is 3.58. The van der Waals surface area contributed by atoms with Crippen molar-refractivity contribution in [2.45, 2.75) is 26.3 Å². The number of nitrogens with one attached hydrogen (secondary N) is 2. The van der Waals surface area contributed by atoms with E-state index >= 15 is 0 Å². The lowest BCUT2D eigenvalue weighted by molar-refractivity contribution is -0.115. The standard InChI is InChI=1S/C34H35N7O3/c1-4-41-31(18-22(2)38-41)34(44)36-26-7-5-6-23(19-26)32(42)24-8-13-28-29(33(43)37-30(28)20-24)21-35-25-9-11-27(12-10-25)40-16-14-39(3)15-17-40/h5-13,18-21,29H,4,14-17H2,1-3H3,(H,36,44)(H,37,43). The highest BCUT2D eigenvalue weighted by atomic mass is 16.2. The molecule has 1 aromatic heterocycles. The first kappa shape index (κ1) is 29.0. The van der Waals surface area contributed by atoms with Crippen LogP contribution in [0.4, 0.5) is 22.7 Å². The van der Waals surface area contributed by atoms with Crippen LogP contribution in [0.5, 0.6) is 0 Å². The molecule has 0 spiro atoms. The number of hydrogen-bond acceptors (Lipinski definition) is 7. The Morgan fingerprint density at radius 3 is 2.50 bits per heavy atom. The van der Waals surface area contributed by atoms with Gasteiger partial charge in [0, 0.05) is 67.1 Å². The van der Waals surface area contributed by atoms with Gasteiger partial charge in [0.1, 0.15) is 11.6 Å². The lowest BCUT2D eigenvalue weighted by Gasteiger charge is -2.34. The summed E-state index contributed by atoms with van der Waals surface area (Å²) in [6, 6.07) is 21.8. The number of carbonyl (C=O) groups excluding carboxylic acids is 3. The number of rotatable bonds is 8. The van der Waals surface area contributed by atoms with Gasteiger partial charge in [-0.05, 0) is 75.0 Å². The Bertz CT molecular complexity index is 1750. The number of ketones is 1. The van der Waals surface area contributed by atoms with Gasteiger partial charge >= 0.3 is 0 Å². The Hall–Kier alpha value is -5.09. The molecule has 0 aliphatic carbocycles. The molecule has 6 rings (SSSR count). The van der Waals surface area contributed by atoms with E-state index in [-0.39, 0.29) is 17.6 Å². The topological polar surface area (TPSA) is 112 Å². The summed E-state index contributed by atoms with van der Waals surface area (Å²) < 4.78 is 1.64. The number of likely N-dealkylation sites (N-methyl/N-ethyl adjacent to an activating group) is 1. The summed E-state index contributed by atoms with van der Waals surface area (Å²) in [4.78, 5) is 48.4. The monoisotopic (exact) mass is 589 g/mol. The number of anilines is 3. The molecule has 3 heterocycles. The Morgan fingerprint density at radius 2 is 1.75 bits per heavy atom. The summed E-state index contributed by atoms with van der Waals surface area (Å²) in [5, 5.41) is 10.1. The smallest absolute Gasteiger partial charge is 0.273 e. The zero-order chi connectivity index (χ0) is 30.8. The molecular formula is C34H35N7O3. The number of nitrogens with zero attached hydrogens (tertiary/aromatic N) is 5. The minimum atomic E-state index is -0.551. The number of hydrogen-bond donors (Lipinski definition) is 2. The number of benzene rings is 3. The maximum atomic E-state index is 13.4. The zero-order valence-corrected chi connectivity index (χ0v) is 25.1. The molecule has 2 amide bonds. The van der Waals surface area contributed by atoms with E-state index in [4.69, 9.17) is 0 Å². The molecule has 44 heavy (non-hydrogen) atoms. The number of aromatic nitrogens is 2. The highest BCUT2D eigenvalue weighted by molar-refractivity contribution is 6.15. The van der Waals surface area contributed by atoms with Crippen molar-refractivity contribution in [1.29, 1.82) is 0 Å². The normalized spacial score (nSPS) is 16.7. The summed E-state index contributed by atoms with van der Waals surface area (Å²) in [5.41, 5.74) is 5.88. The highest BCUT2D eigenvalue weighted by Crippen LogP contribution is 2.33. The van der Waals surface area contributed by atoms with Gasteiger partial charge in [-0.15, -0.1) is 0 Å². The van der Waals surface area contributed by atoms with Crippen LogP contribution >= 0.6 is 0 Å². The van der Waals surface area contributed by atoms with Crippen LogP contribution in [0.2, 0.25) is 0 Å². The molecule has 2 aliphatic heterocycles. The van der Waals surface area contributed by atoms with E-state index in [1.54, 1.807) is 59.4 Å². The molecule has 224 valence electrons. The number of aryl methyl sites for hydroxylation is 2. The summed E-state index contributed by atoms with van der Waals surface area (Å²) in [6.45, 7) is 8.41. The Morgan fingerprint density at radius 1 is 1.00 bits per heavy atom. The summed E-state index contributed by atoms with van der Waals surface area (Å²) in [7, 11) is 2.14. The fourth-order valence-corrected chi connectivity index (χ4v) is 5.62. The van der Waals surface area contributed by atoms with Gasteiger partial charge in [-0.1, -0.05) is 24.3 Å². The second kappa shape index (κ2) is 12.3. The van der Waals surface area contributed by atoms with Crippen molar-refractivity contribution >= 4 is 46.6 Å². The second-order valence-corrected chi connectivity index (χ2v) is 11.2. The van der Waals surface area contributed by atoms with E-state index < -0.39 is 5.92 Å². The van der Waals surface area contributed by atoms with Gasteiger partial charge in [-0.25, -0.2) is 0 Å². The van der Waals surface area contributed by atoms with Crippen LogP contribution < -0.4 is 15.5 Å². The SMILES string of the molecule is CCn1nc(C)cc1C(=O)Nc1cccc(C(=O)c2ccc3c(c2)NC(=O)C3C=Nc2ccc(N3CCN(C)CC3)cc2)c1. The maximum Gasteiger partial charge on any atom is 0.273 e. The van der Waals surface area contributed by atoms with E-state index in [0.29, 0.717) is 34.7 Å². The van der Waals surface area contributed by atoms with Crippen molar-refractivity contribution in [2.24, 2.45) is 4.99 Å². The minimum Gasteiger partial charge on any atom is -0.369 e. The first-order valence-electron chi connectivity index (χ1n) is 14.8. The minimum absolute atomic E-state index is 0.186. The molecule has 10 nitrogen and oxygen atoms in total. The van der Waals surface area contributed by atoms with Gasteiger partial charge in [0.05, 0.1) is 11.4 Å². The molecule has 1 atom stereocenters. The summed E-state index contributed by atoms with van der Waals surface area (Å²) in [5.74, 6) is -1.25. The molecule has 4 aromatic rings. The number of piperazine rings is 1. The molecule has 1 saturated heterocycles. The molecule has 0 saturated carbocycles. The molecule has 2 N–H and O–H groups in total. The van der Waals surface area contributed by atoms with Crippen molar-refractivity contribution in [3.8, 4) is 0 Å². The fraction of sp³-hybridized carbons (Fsp3) is 0.265. The second-order valence-electron chi connectivity index (χ2n) is 11.2. The van der Waals surface area contributed by atoms with Crippen molar-refractivity contribution in [3.63, 3.8) is 0 Å². The van der Waals surface area contributed by atoms with Gasteiger partial charge in [-0.2, -0.15) is 5.10 Å². The predicted octanol–water partition coefficient (Wildman–Crippen LogP) is 4.88. The Kier molecular flexibility index (Phi) is 8.08. The third-order valence-corrected chi connectivity index (χ3v) is 8.10. The molecular weight excluding hydrogens is 554 g/mol. The highest BCUT2D eigenvalue weighted by Gasteiger charge is 2.30. The number of aliphatic imine (C=N–C) groups is 1. The molecule has 10 heteroatoms. The molecule has 3 aromatic carbocycles. The van der Waals surface area contributed by atoms with E-state index in [0.717, 1.165) is 43.1 Å². The number of amides is 2. The van der Waals surface area contributed by atoms with Crippen molar-refractivity contribution in [3.05, 3.63) is 101 Å². The van der Waals surface area contributed by atoms with Gasteiger partial charge in [0.25, 0.3) is 5.91 Å². The fourth-order valence-electron chi connectivity index (χ4n) is 5.62. The molecule has 1 fully saturated rings. The van der Waals surface area contributed by atoms with Crippen LogP contribution in [0.25, 0.3) is 0 Å². The molecule has 1 unspecified atom stereocenters. The lowest BCUT2D eigenvalue weighted by atomic mass is 9.97. The van der Waals surface area contributed by atoms with Crippen LogP contribution in [0.1, 0.15) is 50.5 Å². The summed E-state index contributed by atoms with van der Waals surface area (Å²) >= 11 is 0. The van der Waals surface area contributed by atoms with E-state index in [1.165, 1.54) is 5.69 Å². The van der Waals surface area contributed by atoms with Gasteiger partial charge in [-0.3, -0.25) is 24.1 Å². The quantitative estimate of drug-likeness (QED) is 0.224. The molecule has 0 bridgehead atoms. The van der Waals surface area contributed by atoms with E-state index in [1.807, 2.05) is 26.0 Å². The van der Waals surface area contributed by atoms with Crippen molar-refractivity contribution in [2.75, 3.05) is 48.8 Å². The first-order chi connectivity index (χ1) is 21.3.